The molecule has 1 amide bonds. The summed E-state index contributed by atoms with van der Waals surface area (Å²) in [5.41, 5.74) is 0.587. The molecule has 0 saturated carbocycles. The first kappa shape index (κ1) is 11.9. The number of hydrogen-bond acceptors (Lipinski definition) is 3. The Kier molecular flexibility index (Phi) is 3.58. The molecule has 0 aromatic heterocycles. The molecule has 0 radical (unpaired) electrons. The number of allylic oxidation sites excluding steroid dienone is 1. The topological polar surface area (TPSA) is 66.8 Å². The Labute approximate surface area is 99.4 Å². The van der Waals surface area contributed by atoms with E-state index in [1.807, 2.05) is 0 Å². The second-order valence-corrected chi connectivity index (χ2v) is 4.10. The van der Waals surface area contributed by atoms with Crippen molar-refractivity contribution in [2.24, 2.45) is 5.92 Å². The van der Waals surface area contributed by atoms with Crippen LogP contribution >= 0.6 is 0 Å². The summed E-state index contributed by atoms with van der Waals surface area (Å²) in [4.78, 5) is 24.5. The van der Waals surface area contributed by atoms with E-state index in [0.29, 0.717) is 38.3 Å². The first-order chi connectivity index (χ1) is 8.18. The Hall–Kier alpha value is -1.62. The first-order valence-electron chi connectivity index (χ1n) is 5.66. The van der Waals surface area contributed by atoms with Crippen LogP contribution in [-0.4, -0.2) is 48.2 Å². The third kappa shape index (κ3) is 2.74. The number of carbonyl (C=O) groups excluding carboxylic acids is 1. The van der Waals surface area contributed by atoms with Gasteiger partial charge in [0.25, 0.3) is 5.91 Å². The molecule has 92 valence electrons. The second kappa shape index (κ2) is 5.14. The molecule has 17 heavy (non-hydrogen) atoms. The summed E-state index contributed by atoms with van der Waals surface area (Å²) in [6.07, 6.45) is 5.28. The second-order valence-electron chi connectivity index (χ2n) is 4.10. The van der Waals surface area contributed by atoms with E-state index in [0.717, 1.165) is 0 Å². The molecule has 1 N–H and O–H groups in total. The summed E-state index contributed by atoms with van der Waals surface area (Å²) in [5.74, 6) is -1.39. The summed E-state index contributed by atoms with van der Waals surface area (Å²) in [6.45, 7) is 2.35. The van der Waals surface area contributed by atoms with E-state index in [9.17, 15) is 9.59 Å². The van der Waals surface area contributed by atoms with E-state index < -0.39 is 11.9 Å². The van der Waals surface area contributed by atoms with Gasteiger partial charge in [0.05, 0.1) is 19.1 Å². The van der Waals surface area contributed by atoms with E-state index in [4.69, 9.17) is 9.84 Å². The van der Waals surface area contributed by atoms with Crippen LogP contribution < -0.4 is 0 Å². The van der Waals surface area contributed by atoms with Crippen LogP contribution in [0.25, 0.3) is 0 Å². The average molecular weight is 237 g/mol. The Morgan fingerprint density at radius 3 is 2.59 bits per heavy atom. The molecule has 0 aromatic rings. The maximum Gasteiger partial charge on any atom is 0.310 e. The molecular formula is C12H15NO4. The van der Waals surface area contributed by atoms with Gasteiger partial charge in [0.1, 0.15) is 0 Å². The molecule has 0 aromatic carbocycles. The molecule has 1 aliphatic carbocycles. The summed E-state index contributed by atoms with van der Waals surface area (Å²) in [6, 6.07) is 0. The standard InChI is InChI=1S/C12H15NO4/c14-11(13-5-7-17-8-6-13)9-1-3-10(4-2-9)12(15)16/h1-3,10H,4-8H2,(H,15,16). The average Bonchev–Trinajstić information content (AvgIpc) is 2.39. The number of rotatable bonds is 2. The number of carbonyl (C=O) groups is 2. The van der Waals surface area contributed by atoms with Gasteiger partial charge in [-0.1, -0.05) is 18.2 Å². The van der Waals surface area contributed by atoms with Gasteiger partial charge in [-0.2, -0.15) is 0 Å². The lowest BCUT2D eigenvalue weighted by atomic mass is 9.96. The minimum atomic E-state index is -0.852. The molecule has 1 saturated heterocycles. The van der Waals surface area contributed by atoms with Gasteiger partial charge < -0.3 is 14.7 Å². The van der Waals surface area contributed by atoms with Crippen molar-refractivity contribution in [3.05, 3.63) is 23.8 Å². The molecular weight excluding hydrogens is 222 g/mol. The number of hydrogen-bond donors (Lipinski definition) is 1. The zero-order valence-electron chi connectivity index (χ0n) is 9.46. The van der Waals surface area contributed by atoms with Crippen molar-refractivity contribution in [3.63, 3.8) is 0 Å². The van der Waals surface area contributed by atoms with E-state index in [1.54, 1.807) is 23.1 Å². The molecule has 1 fully saturated rings. The summed E-state index contributed by atoms with van der Waals surface area (Å²) < 4.78 is 5.18. The highest BCUT2D eigenvalue weighted by Gasteiger charge is 2.23. The van der Waals surface area contributed by atoms with Crippen LogP contribution in [0.4, 0.5) is 0 Å². The molecule has 1 unspecified atom stereocenters. The first-order valence-corrected chi connectivity index (χ1v) is 5.66. The van der Waals surface area contributed by atoms with Crippen molar-refractivity contribution in [2.45, 2.75) is 6.42 Å². The van der Waals surface area contributed by atoms with Gasteiger partial charge in [-0.3, -0.25) is 9.59 Å². The SMILES string of the molecule is O=C(O)C1C=CC(C(=O)N2CCOCC2)=CC1. The van der Waals surface area contributed by atoms with Gasteiger partial charge in [0.2, 0.25) is 0 Å². The number of carboxylic acids is 1. The van der Waals surface area contributed by atoms with E-state index >= 15 is 0 Å². The van der Waals surface area contributed by atoms with Crippen molar-refractivity contribution < 1.29 is 19.4 Å². The molecule has 5 heteroatoms. The summed E-state index contributed by atoms with van der Waals surface area (Å²) in [7, 11) is 0. The van der Waals surface area contributed by atoms with Crippen LogP contribution in [0.1, 0.15) is 6.42 Å². The van der Waals surface area contributed by atoms with E-state index in [1.165, 1.54) is 0 Å². The van der Waals surface area contributed by atoms with Crippen molar-refractivity contribution in [1.82, 2.24) is 4.90 Å². The fourth-order valence-electron chi connectivity index (χ4n) is 1.91. The number of aliphatic carboxylic acids is 1. The predicted octanol–water partition coefficient (Wildman–Crippen LogP) is 0.432. The molecule has 0 bridgehead atoms. The van der Waals surface area contributed by atoms with Crippen LogP contribution in [0.15, 0.2) is 23.8 Å². The highest BCUT2D eigenvalue weighted by molar-refractivity contribution is 5.96. The van der Waals surface area contributed by atoms with Crippen molar-refractivity contribution in [2.75, 3.05) is 26.3 Å². The largest absolute Gasteiger partial charge is 0.481 e. The highest BCUT2D eigenvalue weighted by atomic mass is 16.5. The fourth-order valence-corrected chi connectivity index (χ4v) is 1.91. The monoisotopic (exact) mass is 237 g/mol. The normalized spacial score (nSPS) is 24.4. The van der Waals surface area contributed by atoms with Crippen LogP contribution in [-0.2, 0) is 14.3 Å². The van der Waals surface area contributed by atoms with Gasteiger partial charge >= 0.3 is 5.97 Å². The molecule has 5 nitrogen and oxygen atoms in total. The lowest BCUT2D eigenvalue weighted by Gasteiger charge is -2.27. The van der Waals surface area contributed by atoms with Gasteiger partial charge in [0.15, 0.2) is 0 Å². The van der Waals surface area contributed by atoms with Crippen LogP contribution in [0.2, 0.25) is 0 Å². The van der Waals surface area contributed by atoms with Crippen LogP contribution in [0, 0.1) is 5.92 Å². The zero-order valence-corrected chi connectivity index (χ0v) is 9.46. The summed E-state index contributed by atoms with van der Waals surface area (Å²) >= 11 is 0. The third-order valence-electron chi connectivity index (χ3n) is 2.96. The van der Waals surface area contributed by atoms with Crippen molar-refractivity contribution in [3.8, 4) is 0 Å². The lowest BCUT2D eigenvalue weighted by Crippen LogP contribution is -2.41. The maximum atomic E-state index is 12.0. The van der Waals surface area contributed by atoms with Crippen LogP contribution in [0.3, 0.4) is 0 Å². The van der Waals surface area contributed by atoms with Crippen molar-refractivity contribution >= 4 is 11.9 Å². The lowest BCUT2D eigenvalue weighted by molar-refractivity contribution is -0.140. The molecule has 2 rings (SSSR count). The molecule has 1 aliphatic heterocycles. The minimum absolute atomic E-state index is 0.0339. The van der Waals surface area contributed by atoms with Gasteiger partial charge in [-0.25, -0.2) is 0 Å². The van der Waals surface area contributed by atoms with Gasteiger partial charge in [-0.05, 0) is 6.42 Å². The molecule has 1 heterocycles. The molecule has 2 aliphatic rings. The van der Waals surface area contributed by atoms with Gasteiger partial charge in [-0.15, -0.1) is 0 Å². The maximum absolute atomic E-state index is 12.0. The quantitative estimate of drug-likeness (QED) is 0.756. The van der Waals surface area contributed by atoms with Gasteiger partial charge in [0, 0.05) is 18.7 Å². The molecule has 1 atom stereocenters. The smallest absolute Gasteiger partial charge is 0.310 e. The number of carboxylic acid groups (broad SMARTS) is 1. The minimum Gasteiger partial charge on any atom is -0.481 e. The summed E-state index contributed by atoms with van der Waals surface area (Å²) in [5, 5.41) is 8.82. The Morgan fingerprint density at radius 2 is 2.06 bits per heavy atom. The van der Waals surface area contributed by atoms with Crippen LogP contribution in [0.5, 0.6) is 0 Å². The Bertz CT molecular complexity index is 380. The highest BCUT2D eigenvalue weighted by Crippen LogP contribution is 2.18. The predicted molar refractivity (Wildman–Crippen MR) is 60.4 cm³/mol. The number of morpholine rings is 1. The number of ether oxygens (including phenoxy) is 1. The fraction of sp³-hybridized carbons (Fsp3) is 0.500. The number of amides is 1. The molecule has 0 spiro atoms. The van der Waals surface area contributed by atoms with E-state index in [-0.39, 0.29) is 5.91 Å². The zero-order chi connectivity index (χ0) is 12.3. The Balaban J connectivity index is 1.97. The number of nitrogens with zero attached hydrogens (tertiary/aromatic N) is 1. The third-order valence-corrected chi connectivity index (χ3v) is 2.96. The van der Waals surface area contributed by atoms with Crippen molar-refractivity contribution in [1.29, 1.82) is 0 Å². The van der Waals surface area contributed by atoms with E-state index in [2.05, 4.69) is 0 Å². The Morgan fingerprint density at radius 1 is 1.35 bits per heavy atom.